The number of carbonyl (C=O) groups excluding carboxylic acids is 1. The molecule has 1 fully saturated rings. The molecule has 9 heteroatoms. The second-order valence-electron chi connectivity index (χ2n) is 8.22. The Labute approximate surface area is 199 Å². The number of imidazole rings is 1. The second-order valence-corrected chi connectivity index (χ2v) is 11.5. The predicted molar refractivity (Wildman–Crippen MR) is 132 cm³/mol. The number of hydrogen-bond acceptors (Lipinski definition) is 5. The lowest BCUT2D eigenvalue weighted by Crippen LogP contribution is -2.35. The van der Waals surface area contributed by atoms with Crippen molar-refractivity contribution < 1.29 is 13.2 Å². The molecule has 0 saturated carbocycles. The molecule has 1 unspecified atom stereocenters. The van der Waals surface area contributed by atoms with Crippen molar-refractivity contribution in [2.45, 2.75) is 61.5 Å². The van der Waals surface area contributed by atoms with Gasteiger partial charge >= 0.3 is 0 Å². The monoisotopic (exact) mass is 486 g/mol. The van der Waals surface area contributed by atoms with Crippen LogP contribution in [0.2, 0.25) is 0 Å². The molecule has 7 nitrogen and oxygen atoms in total. The minimum absolute atomic E-state index is 0.0630. The van der Waals surface area contributed by atoms with E-state index in [2.05, 4.69) is 5.32 Å². The maximum absolute atomic E-state index is 13.1. The smallest absolute Gasteiger partial charge is 0.243 e. The zero-order valence-electron chi connectivity index (χ0n) is 19.0. The van der Waals surface area contributed by atoms with Crippen molar-refractivity contribution in [1.82, 2.24) is 19.2 Å². The first kappa shape index (κ1) is 23.8. The Morgan fingerprint density at radius 2 is 1.85 bits per heavy atom. The number of aromatic nitrogens is 2. The van der Waals surface area contributed by atoms with Crippen LogP contribution in [0.5, 0.6) is 0 Å². The number of thioether (sulfide) groups is 1. The molecular formula is C24H30N4O3S2. The summed E-state index contributed by atoms with van der Waals surface area (Å²) < 4.78 is 29.8. The summed E-state index contributed by atoms with van der Waals surface area (Å²) in [5.74, 6) is -0.0630. The number of nitrogens with one attached hydrogen (secondary N) is 1. The summed E-state index contributed by atoms with van der Waals surface area (Å²) >= 11 is 1.39. The number of aryl methyl sites for hydroxylation is 1. The van der Waals surface area contributed by atoms with E-state index in [4.69, 9.17) is 4.98 Å². The molecule has 1 aliphatic heterocycles. The molecule has 2 heterocycles. The summed E-state index contributed by atoms with van der Waals surface area (Å²) in [6.07, 6.45) is 2.87. The first-order valence-corrected chi connectivity index (χ1v) is 13.7. The number of fused-ring (bicyclic) bond motifs is 1. The number of rotatable bonds is 8. The molecule has 0 radical (unpaired) electrons. The number of sulfonamides is 1. The van der Waals surface area contributed by atoms with E-state index in [0.717, 1.165) is 30.3 Å². The normalized spacial score (nSPS) is 16.1. The SMILES string of the molecule is CCn1c(SC(C)C(=O)NCc2ccccc2)nc2cc(S(=O)(=O)N3CCCCC3)ccc21. The molecule has 33 heavy (non-hydrogen) atoms. The molecule has 176 valence electrons. The molecule has 1 atom stereocenters. The third kappa shape index (κ3) is 5.26. The maximum atomic E-state index is 13.1. The Morgan fingerprint density at radius 1 is 1.12 bits per heavy atom. The highest BCUT2D eigenvalue weighted by Crippen LogP contribution is 2.30. The predicted octanol–water partition coefficient (Wildman–Crippen LogP) is 4.03. The van der Waals surface area contributed by atoms with Crippen molar-refractivity contribution >= 4 is 38.7 Å². The number of piperidine rings is 1. The van der Waals surface area contributed by atoms with Gasteiger partial charge in [-0.05, 0) is 50.5 Å². The van der Waals surface area contributed by atoms with E-state index in [0.29, 0.717) is 36.9 Å². The number of nitrogens with zero attached hydrogens (tertiary/aromatic N) is 3. The molecular weight excluding hydrogens is 456 g/mol. The summed E-state index contributed by atoms with van der Waals surface area (Å²) in [5, 5.41) is 3.34. The van der Waals surface area contributed by atoms with Crippen molar-refractivity contribution in [3.05, 3.63) is 54.1 Å². The van der Waals surface area contributed by atoms with E-state index >= 15 is 0 Å². The zero-order chi connectivity index (χ0) is 23.4. The van der Waals surface area contributed by atoms with Crippen molar-refractivity contribution in [3.8, 4) is 0 Å². The maximum Gasteiger partial charge on any atom is 0.243 e. The van der Waals surface area contributed by atoms with Crippen LogP contribution in [-0.4, -0.2) is 46.5 Å². The van der Waals surface area contributed by atoms with Crippen LogP contribution < -0.4 is 5.32 Å². The molecule has 1 amide bonds. The lowest BCUT2D eigenvalue weighted by Gasteiger charge is -2.25. The van der Waals surface area contributed by atoms with Gasteiger partial charge < -0.3 is 9.88 Å². The quantitative estimate of drug-likeness (QED) is 0.486. The Morgan fingerprint density at radius 3 is 2.55 bits per heavy atom. The van der Waals surface area contributed by atoms with Crippen molar-refractivity contribution in [1.29, 1.82) is 0 Å². The van der Waals surface area contributed by atoms with Crippen LogP contribution in [0.3, 0.4) is 0 Å². The van der Waals surface area contributed by atoms with E-state index in [-0.39, 0.29) is 16.1 Å². The summed E-state index contributed by atoms with van der Waals surface area (Å²) in [4.78, 5) is 17.6. The van der Waals surface area contributed by atoms with Crippen LogP contribution >= 0.6 is 11.8 Å². The number of hydrogen-bond donors (Lipinski definition) is 1. The van der Waals surface area contributed by atoms with Gasteiger partial charge in [0.15, 0.2) is 5.16 Å². The zero-order valence-corrected chi connectivity index (χ0v) is 20.7. The van der Waals surface area contributed by atoms with Gasteiger partial charge in [-0.15, -0.1) is 0 Å². The molecule has 2 aromatic carbocycles. The Kier molecular flexibility index (Phi) is 7.41. The molecule has 4 rings (SSSR count). The summed E-state index contributed by atoms with van der Waals surface area (Å²) in [6.45, 7) is 6.17. The van der Waals surface area contributed by atoms with Crippen LogP contribution in [-0.2, 0) is 27.9 Å². The highest BCUT2D eigenvalue weighted by molar-refractivity contribution is 8.00. The van der Waals surface area contributed by atoms with Gasteiger partial charge in [-0.1, -0.05) is 48.5 Å². The highest BCUT2D eigenvalue weighted by atomic mass is 32.2. The van der Waals surface area contributed by atoms with Gasteiger partial charge in [-0.25, -0.2) is 13.4 Å². The second kappa shape index (κ2) is 10.3. The first-order chi connectivity index (χ1) is 15.9. The van der Waals surface area contributed by atoms with E-state index in [1.807, 2.05) is 54.8 Å². The van der Waals surface area contributed by atoms with Crippen molar-refractivity contribution in [2.24, 2.45) is 0 Å². The average Bonchev–Trinajstić information content (AvgIpc) is 3.19. The lowest BCUT2D eigenvalue weighted by molar-refractivity contribution is -0.120. The lowest BCUT2D eigenvalue weighted by atomic mass is 10.2. The third-order valence-electron chi connectivity index (χ3n) is 5.91. The van der Waals surface area contributed by atoms with Gasteiger partial charge in [0, 0.05) is 26.2 Å². The molecule has 1 aromatic heterocycles. The molecule has 0 bridgehead atoms. The summed E-state index contributed by atoms with van der Waals surface area (Å²) in [7, 11) is -3.52. The number of amides is 1. The van der Waals surface area contributed by atoms with Gasteiger partial charge in [0.2, 0.25) is 15.9 Å². The topological polar surface area (TPSA) is 84.3 Å². The van der Waals surface area contributed by atoms with Crippen molar-refractivity contribution in [3.63, 3.8) is 0 Å². The minimum atomic E-state index is -3.52. The largest absolute Gasteiger partial charge is 0.351 e. The Hall–Kier alpha value is -2.36. The van der Waals surface area contributed by atoms with Crippen molar-refractivity contribution in [2.75, 3.05) is 13.1 Å². The summed E-state index contributed by atoms with van der Waals surface area (Å²) in [6, 6.07) is 15.0. The summed E-state index contributed by atoms with van der Waals surface area (Å²) in [5.41, 5.74) is 2.55. The minimum Gasteiger partial charge on any atom is -0.351 e. The van der Waals surface area contributed by atoms with Gasteiger partial charge in [-0.3, -0.25) is 4.79 Å². The molecule has 3 aromatic rings. The van der Waals surface area contributed by atoms with E-state index in [1.54, 1.807) is 16.4 Å². The van der Waals surface area contributed by atoms with Crippen LogP contribution in [0.1, 0.15) is 38.7 Å². The standard InChI is InChI=1S/C24H30N4O3S2/c1-3-28-22-13-12-20(33(30,31)27-14-8-5-9-15-27)16-21(22)26-24(28)32-18(2)23(29)25-17-19-10-6-4-7-11-19/h4,6-7,10-13,16,18H,3,5,8-9,14-15,17H2,1-2H3,(H,25,29). The fourth-order valence-electron chi connectivity index (χ4n) is 4.04. The molecule has 0 aliphatic carbocycles. The van der Waals surface area contributed by atoms with Gasteiger partial charge in [0.1, 0.15) is 0 Å². The average molecular weight is 487 g/mol. The third-order valence-corrected chi connectivity index (χ3v) is 8.90. The Balaban J connectivity index is 1.52. The van der Waals surface area contributed by atoms with Crippen LogP contribution in [0.25, 0.3) is 11.0 Å². The van der Waals surface area contributed by atoms with E-state index < -0.39 is 10.0 Å². The highest BCUT2D eigenvalue weighted by Gasteiger charge is 2.27. The van der Waals surface area contributed by atoms with Gasteiger partial charge in [0.25, 0.3) is 0 Å². The van der Waals surface area contributed by atoms with Gasteiger partial charge in [0.05, 0.1) is 21.2 Å². The molecule has 0 spiro atoms. The molecule has 1 saturated heterocycles. The van der Waals surface area contributed by atoms with E-state index in [1.165, 1.54) is 11.8 Å². The van der Waals surface area contributed by atoms with E-state index in [9.17, 15) is 13.2 Å². The molecule has 1 N–H and O–H groups in total. The van der Waals surface area contributed by atoms with Crippen LogP contribution in [0, 0.1) is 0 Å². The number of benzene rings is 2. The first-order valence-electron chi connectivity index (χ1n) is 11.4. The Bertz CT molecular complexity index is 1220. The molecule has 1 aliphatic rings. The fraction of sp³-hybridized carbons (Fsp3) is 0.417. The van der Waals surface area contributed by atoms with Crippen LogP contribution in [0.4, 0.5) is 0 Å². The fourth-order valence-corrected chi connectivity index (χ4v) is 6.59. The van der Waals surface area contributed by atoms with Gasteiger partial charge in [-0.2, -0.15) is 4.31 Å². The van der Waals surface area contributed by atoms with Crippen LogP contribution in [0.15, 0.2) is 58.6 Å². The number of carbonyl (C=O) groups is 1.